The van der Waals surface area contributed by atoms with Gasteiger partial charge in [-0.1, -0.05) is 17.7 Å². The van der Waals surface area contributed by atoms with Gasteiger partial charge in [0.05, 0.1) is 10.6 Å². The minimum atomic E-state index is -4.51. The van der Waals surface area contributed by atoms with Crippen LogP contribution in [0.4, 0.5) is 13.2 Å². The molecule has 1 unspecified atom stereocenters. The molecule has 9 heteroatoms. The summed E-state index contributed by atoms with van der Waals surface area (Å²) in [6, 6.07) is 3.74. The third kappa shape index (κ3) is 2.50. The maximum absolute atomic E-state index is 12.9. The van der Waals surface area contributed by atoms with E-state index in [1.807, 2.05) is 5.38 Å². The molecule has 3 rings (SSSR count). The molecule has 0 bridgehead atoms. The first kappa shape index (κ1) is 14.3. The van der Waals surface area contributed by atoms with Crippen LogP contribution >= 0.6 is 22.9 Å². The van der Waals surface area contributed by atoms with Crippen molar-refractivity contribution in [1.82, 2.24) is 14.6 Å². The van der Waals surface area contributed by atoms with E-state index >= 15 is 0 Å². The molecule has 0 saturated heterocycles. The SMILES string of the molecule is NC(c1cccs1)c1nnc2c(Cl)cc(C(F)(F)F)cn12. The number of thiophene rings is 1. The average molecular weight is 333 g/mol. The molecule has 3 heterocycles. The summed E-state index contributed by atoms with van der Waals surface area (Å²) in [5, 5.41) is 9.39. The van der Waals surface area contributed by atoms with Crippen LogP contribution in [0.15, 0.2) is 29.8 Å². The van der Waals surface area contributed by atoms with Gasteiger partial charge >= 0.3 is 6.18 Å². The second kappa shape index (κ2) is 4.97. The maximum atomic E-state index is 12.9. The molecule has 3 aromatic rings. The summed E-state index contributed by atoms with van der Waals surface area (Å²) >= 11 is 7.24. The summed E-state index contributed by atoms with van der Waals surface area (Å²) in [7, 11) is 0. The number of pyridine rings is 1. The van der Waals surface area contributed by atoms with Crippen LogP contribution < -0.4 is 5.73 Å². The summed E-state index contributed by atoms with van der Waals surface area (Å²) in [5.74, 6) is 0.209. The van der Waals surface area contributed by atoms with Gasteiger partial charge in [0.1, 0.15) is 6.04 Å². The Labute approximate surface area is 126 Å². The topological polar surface area (TPSA) is 56.2 Å². The summed E-state index contributed by atoms with van der Waals surface area (Å²) in [6.45, 7) is 0. The van der Waals surface area contributed by atoms with Gasteiger partial charge < -0.3 is 5.73 Å². The van der Waals surface area contributed by atoms with Gasteiger partial charge in [0, 0.05) is 11.1 Å². The molecule has 0 amide bonds. The number of halogens is 4. The molecule has 2 N–H and O–H groups in total. The molecule has 110 valence electrons. The van der Waals surface area contributed by atoms with Crippen LogP contribution in [0.2, 0.25) is 5.02 Å². The second-order valence-corrected chi connectivity index (χ2v) is 5.71. The Hall–Kier alpha value is -1.64. The lowest BCUT2D eigenvalue weighted by molar-refractivity contribution is -0.137. The van der Waals surface area contributed by atoms with Crippen molar-refractivity contribution in [2.24, 2.45) is 5.73 Å². The minimum Gasteiger partial charge on any atom is -0.317 e. The largest absolute Gasteiger partial charge is 0.417 e. The zero-order valence-corrected chi connectivity index (χ0v) is 11.9. The van der Waals surface area contributed by atoms with Crippen molar-refractivity contribution in [3.63, 3.8) is 0 Å². The van der Waals surface area contributed by atoms with Gasteiger partial charge in [-0.25, -0.2) is 0 Å². The fourth-order valence-electron chi connectivity index (χ4n) is 1.93. The predicted octanol–water partition coefficient (Wildman–Crippen LogP) is 3.51. The maximum Gasteiger partial charge on any atom is 0.417 e. The number of alkyl halides is 3. The molecule has 3 aromatic heterocycles. The molecule has 21 heavy (non-hydrogen) atoms. The Balaban J connectivity index is 2.19. The Morgan fingerprint density at radius 3 is 2.71 bits per heavy atom. The molecule has 0 spiro atoms. The van der Waals surface area contributed by atoms with Crippen LogP contribution in [0.1, 0.15) is 22.3 Å². The lowest BCUT2D eigenvalue weighted by Crippen LogP contribution is -2.15. The summed E-state index contributed by atoms with van der Waals surface area (Å²) in [5.41, 5.74) is 5.31. The van der Waals surface area contributed by atoms with E-state index in [0.717, 1.165) is 17.1 Å². The van der Waals surface area contributed by atoms with Crippen LogP contribution in [-0.4, -0.2) is 14.6 Å². The van der Waals surface area contributed by atoms with Crippen LogP contribution in [0.3, 0.4) is 0 Å². The van der Waals surface area contributed by atoms with Gasteiger partial charge in [0.25, 0.3) is 0 Å². The zero-order chi connectivity index (χ0) is 15.2. The smallest absolute Gasteiger partial charge is 0.317 e. The van der Waals surface area contributed by atoms with Crippen molar-refractivity contribution in [3.05, 3.63) is 51.1 Å². The Morgan fingerprint density at radius 2 is 2.10 bits per heavy atom. The molecule has 1 atom stereocenters. The van der Waals surface area contributed by atoms with E-state index in [1.54, 1.807) is 12.1 Å². The Bertz CT molecular complexity index is 782. The molecular weight excluding hydrogens is 325 g/mol. The van der Waals surface area contributed by atoms with E-state index in [4.69, 9.17) is 17.3 Å². The summed E-state index contributed by atoms with van der Waals surface area (Å²) in [4.78, 5) is 0.776. The standard InChI is InChI=1S/C12H8ClF3N4S/c13-7-4-6(12(14,15)16)5-20-10(7)18-19-11(20)9(17)8-2-1-3-21-8/h1-5,9H,17H2. The summed E-state index contributed by atoms with van der Waals surface area (Å²) in [6.07, 6.45) is -3.60. The highest BCUT2D eigenvalue weighted by molar-refractivity contribution is 7.10. The third-order valence-corrected chi connectivity index (χ3v) is 4.17. The average Bonchev–Trinajstić information content (AvgIpc) is 3.06. The van der Waals surface area contributed by atoms with Crippen molar-refractivity contribution < 1.29 is 13.2 Å². The minimum absolute atomic E-state index is 0.123. The molecule has 0 aliphatic rings. The van der Waals surface area contributed by atoms with Gasteiger partial charge in [-0.15, -0.1) is 21.5 Å². The number of fused-ring (bicyclic) bond motifs is 1. The van der Waals surface area contributed by atoms with Crippen LogP contribution in [-0.2, 0) is 6.18 Å². The van der Waals surface area contributed by atoms with Crippen molar-refractivity contribution in [3.8, 4) is 0 Å². The number of nitrogens with two attached hydrogens (primary N) is 1. The van der Waals surface area contributed by atoms with E-state index in [0.29, 0.717) is 0 Å². The molecule has 0 saturated carbocycles. The van der Waals surface area contributed by atoms with E-state index in [-0.39, 0.29) is 16.5 Å². The molecule has 0 aliphatic carbocycles. The highest BCUT2D eigenvalue weighted by Crippen LogP contribution is 2.33. The van der Waals surface area contributed by atoms with Gasteiger partial charge in [-0.3, -0.25) is 4.40 Å². The molecule has 4 nitrogen and oxygen atoms in total. The second-order valence-electron chi connectivity index (χ2n) is 4.32. The van der Waals surface area contributed by atoms with Gasteiger partial charge in [0.15, 0.2) is 11.5 Å². The monoisotopic (exact) mass is 332 g/mol. The lowest BCUT2D eigenvalue weighted by atomic mass is 10.2. The molecule has 0 aromatic carbocycles. The summed E-state index contributed by atoms with van der Waals surface area (Å²) < 4.78 is 39.8. The van der Waals surface area contributed by atoms with E-state index < -0.39 is 17.8 Å². The molecule has 0 radical (unpaired) electrons. The normalized spacial score (nSPS) is 13.8. The fourth-order valence-corrected chi connectivity index (χ4v) is 2.90. The molecular formula is C12H8ClF3N4S. The van der Waals surface area contributed by atoms with Gasteiger partial charge in [-0.2, -0.15) is 13.2 Å². The Morgan fingerprint density at radius 1 is 1.33 bits per heavy atom. The first-order valence-electron chi connectivity index (χ1n) is 5.78. The quantitative estimate of drug-likeness (QED) is 0.781. The first-order valence-corrected chi connectivity index (χ1v) is 7.04. The fraction of sp³-hybridized carbons (Fsp3) is 0.167. The first-order chi connectivity index (χ1) is 9.88. The lowest BCUT2D eigenvalue weighted by Gasteiger charge is -2.11. The van der Waals surface area contributed by atoms with E-state index in [2.05, 4.69) is 10.2 Å². The van der Waals surface area contributed by atoms with E-state index in [9.17, 15) is 13.2 Å². The van der Waals surface area contributed by atoms with Crippen molar-refractivity contribution in [2.45, 2.75) is 12.2 Å². The van der Waals surface area contributed by atoms with Crippen molar-refractivity contribution in [2.75, 3.05) is 0 Å². The number of hydrogen-bond donors (Lipinski definition) is 1. The van der Waals surface area contributed by atoms with E-state index in [1.165, 1.54) is 15.7 Å². The van der Waals surface area contributed by atoms with Crippen molar-refractivity contribution >= 4 is 28.6 Å². The van der Waals surface area contributed by atoms with Gasteiger partial charge in [-0.05, 0) is 17.5 Å². The number of rotatable bonds is 2. The highest BCUT2D eigenvalue weighted by Gasteiger charge is 2.32. The third-order valence-electron chi connectivity index (χ3n) is 2.94. The van der Waals surface area contributed by atoms with Crippen molar-refractivity contribution in [1.29, 1.82) is 0 Å². The number of aromatic nitrogens is 3. The van der Waals surface area contributed by atoms with Crippen LogP contribution in [0.25, 0.3) is 5.65 Å². The molecule has 0 aliphatic heterocycles. The predicted molar refractivity (Wildman–Crippen MR) is 73.3 cm³/mol. The van der Waals surface area contributed by atoms with Gasteiger partial charge in [0.2, 0.25) is 0 Å². The van der Waals surface area contributed by atoms with Crippen LogP contribution in [0.5, 0.6) is 0 Å². The Kier molecular flexibility index (Phi) is 3.39. The van der Waals surface area contributed by atoms with Crippen LogP contribution in [0, 0.1) is 0 Å². The highest BCUT2D eigenvalue weighted by atomic mass is 35.5. The number of nitrogens with zero attached hydrogens (tertiary/aromatic N) is 3. The zero-order valence-electron chi connectivity index (χ0n) is 10.3. The number of hydrogen-bond acceptors (Lipinski definition) is 4. The molecule has 0 fully saturated rings.